The topological polar surface area (TPSA) is 31.7 Å². The number of hydrogen-bond acceptors (Lipinski definition) is 5. The summed E-state index contributed by atoms with van der Waals surface area (Å²) in [4.78, 5) is 7.99. The van der Waals surface area contributed by atoms with Crippen molar-refractivity contribution in [3.63, 3.8) is 0 Å². The van der Waals surface area contributed by atoms with Crippen LogP contribution < -0.4 is 4.90 Å². The Morgan fingerprint density at radius 2 is 1.82 bits per heavy atom. The van der Waals surface area contributed by atoms with Gasteiger partial charge in [-0.25, -0.2) is 4.98 Å². The molecule has 0 amide bonds. The lowest BCUT2D eigenvalue weighted by Crippen LogP contribution is -2.44. The molecule has 1 aliphatic rings. The Bertz CT molecular complexity index is 604. The molecule has 1 aromatic carbocycles. The van der Waals surface area contributed by atoms with Gasteiger partial charge in [0.1, 0.15) is 5.82 Å². The van der Waals surface area contributed by atoms with E-state index in [0.29, 0.717) is 0 Å². The van der Waals surface area contributed by atoms with Gasteiger partial charge in [-0.1, -0.05) is 18.2 Å². The van der Waals surface area contributed by atoms with Gasteiger partial charge in [-0.15, -0.1) is 11.8 Å². The smallest absolute Gasteiger partial charge is 0.128 e. The molecule has 22 heavy (non-hydrogen) atoms. The highest BCUT2D eigenvalue weighted by Gasteiger charge is 2.15. The zero-order valence-electron chi connectivity index (χ0n) is 12.7. The van der Waals surface area contributed by atoms with Crippen molar-refractivity contribution in [1.29, 1.82) is 0 Å². The van der Waals surface area contributed by atoms with E-state index in [2.05, 4.69) is 56.6 Å². The normalized spacial score (nSPS) is 15.5. The van der Waals surface area contributed by atoms with Crippen LogP contribution in [-0.4, -0.2) is 48.6 Å². The number of pyridine rings is 1. The second-order valence-corrected chi connectivity index (χ2v) is 6.03. The zero-order chi connectivity index (χ0) is 15.2. The van der Waals surface area contributed by atoms with E-state index in [0.717, 1.165) is 37.6 Å². The van der Waals surface area contributed by atoms with Crippen LogP contribution in [0, 0.1) is 0 Å². The summed E-state index contributed by atoms with van der Waals surface area (Å²) in [5.41, 5.74) is 1.14. The first-order chi connectivity index (χ1) is 10.8. The molecule has 0 radical (unpaired) electrons. The highest BCUT2D eigenvalue weighted by Crippen LogP contribution is 2.15. The first kappa shape index (κ1) is 14.9. The summed E-state index contributed by atoms with van der Waals surface area (Å²) in [6.45, 7) is 3.77. The van der Waals surface area contributed by atoms with Crippen molar-refractivity contribution in [3.05, 3.63) is 54.2 Å². The Balaban J connectivity index is 1.54. The van der Waals surface area contributed by atoms with E-state index in [-0.39, 0.29) is 0 Å². The van der Waals surface area contributed by atoms with Gasteiger partial charge in [0.05, 0.1) is 19.3 Å². The molecule has 4 nitrogen and oxygen atoms in total. The number of hydrogen-bond donors (Lipinski definition) is 0. The summed E-state index contributed by atoms with van der Waals surface area (Å²) < 4.78 is 0. The molecule has 0 N–H and O–H groups in total. The highest BCUT2D eigenvalue weighted by atomic mass is 32.2. The molecule has 0 unspecified atom stereocenters. The average Bonchev–Trinajstić information content (AvgIpc) is 2.61. The van der Waals surface area contributed by atoms with Crippen molar-refractivity contribution in [2.45, 2.75) is 4.90 Å². The molecule has 3 rings (SSSR count). The number of thioether (sulfide) groups is 1. The van der Waals surface area contributed by atoms with E-state index in [9.17, 15) is 0 Å². The molecule has 1 fully saturated rings. The number of rotatable bonds is 4. The van der Waals surface area contributed by atoms with Crippen molar-refractivity contribution in [2.24, 2.45) is 5.10 Å². The van der Waals surface area contributed by atoms with E-state index >= 15 is 0 Å². The molecule has 0 aliphatic carbocycles. The molecule has 0 bridgehead atoms. The van der Waals surface area contributed by atoms with Crippen LogP contribution in [0.4, 0.5) is 5.82 Å². The third kappa shape index (κ3) is 3.80. The van der Waals surface area contributed by atoms with Crippen molar-refractivity contribution in [3.8, 4) is 0 Å². The number of nitrogens with zero attached hydrogens (tertiary/aromatic N) is 4. The summed E-state index contributed by atoms with van der Waals surface area (Å²) in [6.07, 6.45) is 5.88. The predicted octanol–water partition coefficient (Wildman–Crippen LogP) is 2.96. The largest absolute Gasteiger partial charge is 0.353 e. The highest BCUT2D eigenvalue weighted by molar-refractivity contribution is 7.98. The van der Waals surface area contributed by atoms with Gasteiger partial charge < -0.3 is 4.90 Å². The fraction of sp³-hybridized carbons (Fsp3) is 0.294. The van der Waals surface area contributed by atoms with Gasteiger partial charge in [0.25, 0.3) is 0 Å². The number of hydrazone groups is 1. The van der Waals surface area contributed by atoms with Crippen molar-refractivity contribution < 1.29 is 0 Å². The second-order valence-electron chi connectivity index (χ2n) is 5.15. The maximum Gasteiger partial charge on any atom is 0.128 e. The van der Waals surface area contributed by atoms with Crippen LogP contribution in [0.15, 0.2) is 58.7 Å². The minimum Gasteiger partial charge on any atom is -0.353 e. The molecule has 2 heterocycles. The second kappa shape index (κ2) is 7.31. The van der Waals surface area contributed by atoms with Crippen LogP contribution in [0.1, 0.15) is 5.56 Å². The molecule has 5 heteroatoms. The quantitative estimate of drug-likeness (QED) is 0.642. The van der Waals surface area contributed by atoms with Gasteiger partial charge in [0.2, 0.25) is 0 Å². The van der Waals surface area contributed by atoms with E-state index in [1.54, 1.807) is 11.8 Å². The van der Waals surface area contributed by atoms with Gasteiger partial charge in [-0.3, -0.25) is 5.01 Å². The fourth-order valence-electron chi connectivity index (χ4n) is 2.42. The lowest BCUT2D eigenvalue weighted by atomic mass is 10.2. The third-order valence-electron chi connectivity index (χ3n) is 3.72. The summed E-state index contributed by atoms with van der Waals surface area (Å²) in [5, 5.41) is 6.72. The summed E-state index contributed by atoms with van der Waals surface area (Å²) in [5.74, 6) is 1.05. The molecule has 2 aromatic rings. The summed E-state index contributed by atoms with van der Waals surface area (Å²) in [7, 11) is 0. The number of piperazine rings is 1. The maximum absolute atomic E-state index is 4.59. The average molecular weight is 312 g/mol. The van der Waals surface area contributed by atoms with Crippen molar-refractivity contribution in [1.82, 2.24) is 9.99 Å². The van der Waals surface area contributed by atoms with Crippen LogP contribution in [0.2, 0.25) is 0 Å². The van der Waals surface area contributed by atoms with E-state index < -0.39 is 0 Å². The standard InChI is InChI=1S/C17H20N4S/c1-22-16-7-5-15(6-8-16)14-19-21-12-10-20(11-13-21)17-4-2-3-9-18-17/h2-9,14H,10-13H2,1H3/b19-14-. The molecular formula is C17H20N4S. The molecule has 114 valence electrons. The van der Waals surface area contributed by atoms with Gasteiger partial charge in [0.15, 0.2) is 0 Å². The number of aromatic nitrogens is 1. The van der Waals surface area contributed by atoms with Gasteiger partial charge in [0, 0.05) is 24.2 Å². The minimum absolute atomic E-state index is 0.927. The molecule has 1 saturated heterocycles. The zero-order valence-corrected chi connectivity index (χ0v) is 13.5. The van der Waals surface area contributed by atoms with Gasteiger partial charge in [-0.2, -0.15) is 5.10 Å². The van der Waals surface area contributed by atoms with Crippen molar-refractivity contribution >= 4 is 23.8 Å². The fourth-order valence-corrected chi connectivity index (χ4v) is 2.83. The Kier molecular flexibility index (Phi) is 4.96. The minimum atomic E-state index is 0.927. The number of benzene rings is 1. The monoisotopic (exact) mass is 312 g/mol. The Morgan fingerprint density at radius 1 is 1.05 bits per heavy atom. The van der Waals surface area contributed by atoms with Gasteiger partial charge >= 0.3 is 0 Å². The van der Waals surface area contributed by atoms with Crippen LogP contribution in [0.3, 0.4) is 0 Å². The van der Waals surface area contributed by atoms with Crippen LogP contribution >= 0.6 is 11.8 Å². The van der Waals surface area contributed by atoms with E-state index in [1.807, 2.05) is 24.5 Å². The summed E-state index contributed by atoms with van der Waals surface area (Å²) >= 11 is 1.76. The van der Waals surface area contributed by atoms with E-state index in [4.69, 9.17) is 0 Å². The predicted molar refractivity (Wildman–Crippen MR) is 93.8 cm³/mol. The lowest BCUT2D eigenvalue weighted by Gasteiger charge is -2.33. The van der Waals surface area contributed by atoms with Crippen LogP contribution in [0.5, 0.6) is 0 Å². The number of anilines is 1. The third-order valence-corrected chi connectivity index (χ3v) is 4.46. The Morgan fingerprint density at radius 3 is 2.45 bits per heavy atom. The van der Waals surface area contributed by atoms with Crippen LogP contribution in [-0.2, 0) is 0 Å². The first-order valence-corrected chi connectivity index (χ1v) is 8.66. The molecule has 0 saturated carbocycles. The summed E-state index contributed by atoms with van der Waals surface area (Å²) in [6, 6.07) is 14.5. The molecule has 1 aliphatic heterocycles. The molecule has 1 aromatic heterocycles. The molecule has 0 spiro atoms. The van der Waals surface area contributed by atoms with Crippen molar-refractivity contribution in [2.75, 3.05) is 37.3 Å². The molecular weight excluding hydrogens is 292 g/mol. The first-order valence-electron chi connectivity index (χ1n) is 7.44. The molecule has 0 atom stereocenters. The SMILES string of the molecule is CSc1ccc(/C=N\N2CCN(c3ccccn3)CC2)cc1. The Labute approximate surface area is 135 Å². The van der Waals surface area contributed by atoms with Gasteiger partial charge in [-0.05, 0) is 36.1 Å². The lowest BCUT2D eigenvalue weighted by molar-refractivity contribution is 0.271. The van der Waals surface area contributed by atoms with Crippen LogP contribution in [0.25, 0.3) is 0 Å². The van der Waals surface area contributed by atoms with E-state index in [1.165, 1.54) is 4.90 Å². The maximum atomic E-state index is 4.59. The Hall–Kier alpha value is -2.01.